The summed E-state index contributed by atoms with van der Waals surface area (Å²) in [6.07, 6.45) is 1.42. The molecule has 0 fully saturated rings. The number of hydrogen-bond acceptors (Lipinski definition) is 4. The molecule has 1 aromatic carbocycles. The summed E-state index contributed by atoms with van der Waals surface area (Å²) in [4.78, 5) is 38.2. The minimum Gasteiger partial charge on any atom is -0.355 e. The highest BCUT2D eigenvalue weighted by Gasteiger charge is 2.21. The van der Waals surface area contributed by atoms with Gasteiger partial charge in [0, 0.05) is 23.5 Å². The van der Waals surface area contributed by atoms with Crippen LogP contribution in [0.3, 0.4) is 0 Å². The summed E-state index contributed by atoms with van der Waals surface area (Å²) >= 11 is 0. The number of nitro benzene ring substituents is 1. The molecule has 0 amide bonds. The summed E-state index contributed by atoms with van der Waals surface area (Å²) in [5.74, 6) is -0.312. The summed E-state index contributed by atoms with van der Waals surface area (Å²) in [6.45, 7) is 0. The molecule has 0 aliphatic rings. The van der Waals surface area contributed by atoms with Gasteiger partial charge in [0.15, 0.2) is 12.6 Å². The van der Waals surface area contributed by atoms with E-state index in [0.717, 1.165) is 17.0 Å². The molecule has 0 aliphatic heterocycles. The first-order valence-corrected chi connectivity index (χ1v) is 7.15. The van der Waals surface area contributed by atoms with Crippen LogP contribution in [0.2, 0.25) is 0 Å². The molecule has 0 aliphatic carbocycles. The van der Waals surface area contributed by atoms with Crippen molar-refractivity contribution < 1.29 is 14.5 Å². The lowest BCUT2D eigenvalue weighted by Gasteiger charge is -2.15. The van der Waals surface area contributed by atoms with Crippen molar-refractivity contribution in [2.24, 2.45) is 0 Å². The Balaban J connectivity index is 2.08. The summed E-state index contributed by atoms with van der Waals surface area (Å²) < 4.78 is 0. The van der Waals surface area contributed by atoms with Crippen molar-refractivity contribution in [1.82, 2.24) is 9.97 Å². The number of nitrogens with one attached hydrogen (secondary N) is 2. The number of H-pyrrole nitrogens is 2. The number of rotatable bonds is 6. The first-order chi connectivity index (χ1) is 11.6. The summed E-state index contributed by atoms with van der Waals surface area (Å²) in [6, 6.07) is 13.0. The Bertz CT molecular complexity index is 846. The number of carbonyl (C=O) groups excluding carboxylic acids is 2. The largest absolute Gasteiger partial charge is 0.355 e. The molecule has 24 heavy (non-hydrogen) atoms. The number of aromatic amines is 2. The molecule has 0 bridgehead atoms. The molecule has 0 saturated heterocycles. The predicted molar refractivity (Wildman–Crippen MR) is 86.4 cm³/mol. The maximum absolute atomic E-state index is 10.9. The number of nitrogens with zero attached hydrogens (tertiary/aromatic N) is 1. The molecule has 0 radical (unpaired) electrons. The fraction of sp³-hybridized carbons (Fsp3) is 0.0588. The van der Waals surface area contributed by atoms with Crippen molar-refractivity contribution in [3.8, 4) is 0 Å². The Kier molecular flexibility index (Phi) is 4.07. The van der Waals surface area contributed by atoms with E-state index in [1.54, 1.807) is 36.4 Å². The van der Waals surface area contributed by atoms with Crippen LogP contribution < -0.4 is 0 Å². The van der Waals surface area contributed by atoms with Crippen LogP contribution in [0.1, 0.15) is 43.8 Å². The Labute approximate surface area is 136 Å². The number of hydrogen-bond donors (Lipinski definition) is 2. The molecule has 0 spiro atoms. The van der Waals surface area contributed by atoms with Crippen molar-refractivity contribution in [2.45, 2.75) is 5.92 Å². The highest BCUT2D eigenvalue weighted by atomic mass is 16.6. The topological polar surface area (TPSA) is 109 Å². The zero-order valence-electron chi connectivity index (χ0n) is 12.4. The van der Waals surface area contributed by atoms with Gasteiger partial charge in [0.1, 0.15) is 0 Å². The van der Waals surface area contributed by atoms with Gasteiger partial charge in [0.05, 0.1) is 22.2 Å². The van der Waals surface area contributed by atoms with Crippen LogP contribution in [0.4, 0.5) is 5.69 Å². The number of non-ortho nitro benzene ring substituents is 1. The van der Waals surface area contributed by atoms with Crippen molar-refractivity contribution in [1.29, 1.82) is 0 Å². The van der Waals surface area contributed by atoms with E-state index in [2.05, 4.69) is 9.97 Å². The predicted octanol–water partition coefficient (Wildman–Crippen LogP) is 3.06. The summed E-state index contributed by atoms with van der Waals surface area (Å²) in [7, 11) is 0. The quantitative estimate of drug-likeness (QED) is 0.413. The zero-order valence-corrected chi connectivity index (χ0v) is 12.4. The standard InChI is InChI=1S/C17H13N3O4/c21-9-12-3-7-15(18-12)17(16-8-4-13(10-22)19-16)11-1-5-14(6-2-11)20(23)24/h1-10,17-19H. The molecule has 7 nitrogen and oxygen atoms in total. The number of nitro groups is 1. The first kappa shape index (κ1) is 15.4. The van der Waals surface area contributed by atoms with Crippen LogP contribution in [-0.4, -0.2) is 27.5 Å². The fourth-order valence-corrected chi connectivity index (χ4v) is 2.65. The van der Waals surface area contributed by atoms with Gasteiger partial charge in [-0.2, -0.15) is 0 Å². The summed E-state index contributed by atoms with van der Waals surface area (Å²) in [5.41, 5.74) is 3.13. The van der Waals surface area contributed by atoms with Crippen LogP contribution >= 0.6 is 0 Å². The van der Waals surface area contributed by atoms with Crippen molar-refractivity contribution in [2.75, 3.05) is 0 Å². The van der Waals surface area contributed by atoms with E-state index in [1.807, 2.05) is 0 Å². The van der Waals surface area contributed by atoms with E-state index >= 15 is 0 Å². The molecule has 2 N–H and O–H groups in total. The van der Waals surface area contributed by atoms with Crippen molar-refractivity contribution in [3.05, 3.63) is 87.0 Å². The average Bonchev–Trinajstić information content (AvgIpc) is 3.25. The number of aromatic nitrogens is 2. The van der Waals surface area contributed by atoms with Gasteiger partial charge in [-0.25, -0.2) is 0 Å². The molecule has 2 aromatic heterocycles. The second-order valence-corrected chi connectivity index (χ2v) is 5.26. The normalized spacial score (nSPS) is 10.7. The van der Waals surface area contributed by atoms with Crippen LogP contribution in [0.25, 0.3) is 0 Å². The lowest BCUT2D eigenvalue weighted by molar-refractivity contribution is -0.384. The van der Waals surface area contributed by atoms with Gasteiger partial charge >= 0.3 is 0 Å². The van der Waals surface area contributed by atoms with Gasteiger partial charge < -0.3 is 9.97 Å². The van der Waals surface area contributed by atoms with E-state index in [1.165, 1.54) is 12.1 Å². The molecule has 2 heterocycles. The van der Waals surface area contributed by atoms with Gasteiger partial charge in [0.25, 0.3) is 5.69 Å². The molecule has 0 saturated carbocycles. The zero-order chi connectivity index (χ0) is 17.1. The Hall–Kier alpha value is -3.48. The van der Waals surface area contributed by atoms with Crippen molar-refractivity contribution >= 4 is 18.3 Å². The minimum atomic E-state index is -0.461. The maximum atomic E-state index is 10.9. The molecule has 0 unspecified atom stereocenters. The number of carbonyl (C=O) groups is 2. The molecular weight excluding hydrogens is 310 g/mol. The second-order valence-electron chi connectivity index (χ2n) is 5.26. The highest BCUT2D eigenvalue weighted by molar-refractivity contribution is 5.73. The van der Waals surface area contributed by atoms with Gasteiger partial charge in [-0.05, 0) is 29.8 Å². The van der Waals surface area contributed by atoms with Gasteiger partial charge in [-0.3, -0.25) is 19.7 Å². The number of aldehydes is 2. The highest BCUT2D eigenvalue weighted by Crippen LogP contribution is 2.31. The fourth-order valence-electron chi connectivity index (χ4n) is 2.65. The monoisotopic (exact) mass is 323 g/mol. The lowest BCUT2D eigenvalue weighted by Crippen LogP contribution is -2.05. The second kappa shape index (κ2) is 6.33. The van der Waals surface area contributed by atoms with Crippen LogP contribution in [0.5, 0.6) is 0 Å². The third kappa shape index (κ3) is 2.87. The Morgan fingerprint density at radius 3 is 1.71 bits per heavy atom. The minimum absolute atomic E-state index is 0.00219. The van der Waals surface area contributed by atoms with E-state index in [4.69, 9.17) is 0 Å². The average molecular weight is 323 g/mol. The smallest absolute Gasteiger partial charge is 0.269 e. The van der Waals surface area contributed by atoms with E-state index in [9.17, 15) is 19.7 Å². The Morgan fingerprint density at radius 2 is 1.33 bits per heavy atom. The van der Waals surface area contributed by atoms with E-state index < -0.39 is 4.92 Å². The van der Waals surface area contributed by atoms with Crippen LogP contribution in [0.15, 0.2) is 48.5 Å². The molecule has 3 aromatic rings. The first-order valence-electron chi connectivity index (χ1n) is 7.15. The van der Waals surface area contributed by atoms with Crippen LogP contribution in [0, 0.1) is 10.1 Å². The van der Waals surface area contributed by atoms with E-state index in [-0.39, 0.29) is 11.6 Å². The van der Waals surface area contributed by atoms with E-state index in [0.29, 0.717) is 24.0 Å². The van der Waals surface area contributed by atoms with Crippen LogP contribution in [-0.2, 0) is 0 Å². The summed E-state index contributed by atoms with van der Waals surface area (Å²) in [5, 5.41) is 10.8. The number of benzene rings is 1. The molecule has 120 valence electrons. The van der Waals surface area contributed by atoms with Crippen molar-refractivity contribution in [3.63, 3.8) is 0 Å². The molecule has 0 atom stereocenters. The maximum Gasteiger partial charge on any atom is 0.269 e. The molecular formula is C17H13N3O4. The Morgan fingerprint density at radius 1 is 0.833 bits per heavy atom. The third-order valence-corrected chi connectivity index (χ3v) is 3.78. The lowest BCUT2D eigenvalue weighted by atomic mass is 9.92. The SMILES string of the molecule is O=Cc1ccc(C(c2ccc([N+](=O)[O-])cc2)c2ccc(C=O)[nH]2)[nH]1. The third-order valence-electron chi connectivity index (χ3n) is 3.78. The van der Waals surface area contributed by atoms with Gasteiger partial charge in [0.2, 0.25) is 0 Å². The van der Waals surface area contributed by atoms with Gasteiger partial charge in [-0.1, -0.05) is 12.1 Å². The van der Waals surface area contributed by atoms with Gasteiger partial charge in [-0.15, -0.1) is 0 Å². The molecule has 3 rings (SSSR count). The molecule has 7 heteroatoms.